The van der Waals surface area contributed by atoms with Crippen molar-refractivity contribution in [2.75, 3.05) is 27.4 Å². The van der Waals surface area contributed by atoms with E-state index in [1.54, 1.807) is 7.11 Å². The Balaban J connectivity index is 2.01. The number of ether oxygens (including phenoxy) is 3. The van der Waals surface area contributed by atoms with Crippen LogP contribution in [0.4, 0.5) is 0 Å². The van der Waals surface area contributed by atoms with Gasteiger partial charge in [0.15, 0.2) is 5.60 Å². The number of benzene rings is 1. The van der Waals surface area contributed by atoms with E-state index >= 15 is 0 Å². The summed E-state index contributed by atoms with van der Waals surface area (Å²) < 4.78 is 16.7. The van der Waals surface area contributed by atoms with E-state index in [0.29, 0.717) is 26.2 Å². The molecule has 1 saturated heterocycles. The number of carbonyl (C=O) groups is 1. The number of methoxy groups -OCH3 is 2. The van der Waals surface area contributed by atoms with Crippen molar-refractivity contribution in [3.8, 4) is 5.75 Å². The van der Waals surface area contributed by atoms with Crippen molar-refractivity contribution in [3.63, 3.8) is 0 Å². The van der Waals surface area contributed by atoms with Gasteiger partial charge in [-0.25, -0.2) is 0 Å². The predicted octanol–water partition coefficient (Wildman–Crippen LogP) is 1.88. The molecule has 6 heteroatoms. The summed E-state index contributed by atoms with van der Waals surface area (Å²) in [5.41, 5.74) is 0.102. The van der Waals surface area contributed by atoms with Crippen LogP contribution in [0, 0.1) is 0 Å². The maximum atomic E-state index is 12.3. The van der Waals surface area contributed by atoms with E-state index in [0.717, 1.165) is 15.8 Å². The molecule has 5 nitrogen and oxygen atoms in total. The molecule has 1 atom stereocenters. The summed E-state index contributed by atoms with van der Waals surface area (Å²) >= 11 is 3.41. The maximum absolute atomic E-state index is 12.3. The number of rotatable bonds is 5. The van der Waals surface area contributed by atoms with Crippen LogP contribution in [0.3, 0.4) is 0 Å². The van der Waals surface area contributed by atoms with Gasteiger partial charge in [-0.2, -0.15) is 0 Å². The number of hydrogen-bond donors (Lipinski definition) is 1. The first-order valence-electron chi connectivity index (χ1n) is 6.34. The van der Waals surface area contributed by atoms with Crippen LogP contribution < -0.4 is 10.1 Å². The van der Waals surface area contributed by atoms with Crippen LogP contribution >= 0.6 is 15.9 Å². The normalized spacial score (nSPS) is 21.8. The van der Waals surface area contributed by atoms with Gasteiger partial charge in [-0.05, 0) is 23.8 Å². The van der Waals surface area contributed by atoms with Crippen molar-refractivity contribution < 1.29 is 19.0 Å². The fourth-order valence-corrected chi connectivity index (χ4v) is 2.68. The van der Waals surface area contributed by atoms with Crippen molar-refractivity contribution in [2.24, 2.45) is 0 Å². The molecule has 110 valence electrons. The van der Waals surface area contributed by atoms with Crippen molar-refractivity contribution in [2.45, 2.75) is 18.6 Å². The Bertz CT molecular complexity index is 486. The lowest BCUT2D eigenvalue weighted by Gasteiger charge is -2.24. The molecule has 1 fully saturated rings. The predicted molar refractivity (Wildman–Crippen MR) is 77.7 cm³/mol. The summed E-state index contributed by atoms with van der Waals surface area (Å²) in [4.78, 5) is 12.3. The molecule has 0 spiro atoms. The first kappa shape index (κ1) is 15.3. The second kappa shape index (κ2) is 6.56. The molecule has 1 amide bonds. The third-order valence-electron chi connectivity index (χ3n) is 3.41. The molecule has 1 aliphatic rings. The van der Waals surface area contributed by atoms with E-state index in [1.165, 1.54) is 7.11 Å². The molecule has 0 saturated carbocycles. The van der Waals surface area contributed by atoms with Crippen LogP contribution in [0.5, 0.6) is 5.75 Å². The van der Waals surface area contributed by atoms with Crippen molar-refractivity contribution >= 4 is 21.8 Å². The first-order valence-corrected chi connectivity index (χ1v) is 7.13. The molecular weight excluding hydrogens is 326 g/mol. The third kappa shape index (κ3) is 3.31. The highest BCUT2D eigenvalue weighted by Crippen LogP contribution is 2.24. The summed E-state index contributed by atoms with van der Waals surface area (Å²) in [6.07, 6.45) is 0.580. The zero-order chi connectivity index (χ0) is 14.6. The van der Waals surface area contributed by atoms with Gasteiger partial charge in [0, 0.05) is 24.5 Å². The van der Waals surface area contributed by atoms with Crippen LogP contribution in [0.15, 0.2) is 22.7 Å². The minimum Gasteiger partial charge on any atom is -0.497 e. The van der Waals surface area contributed by atoms with E-state index in [-0.39, 0.29) is 5.91 Å². The molecule has 20 heavy (non-hydrogen) atoms. The summed E-state index contributed by atoms with van der Waals surface area (Å²) in [5, 5.41) is 2.89. The van der Waals surface area contributed by atoms with Crippen LogP contribution in [-0.2, 0) is 20.8 Å². The first-order chi connectivity index (χ1) is 9.59. The Kier molecular flexibility index (Phi) is 5.01. The minimum atomic E-state index is -0.851. The van der Waals surface area contributed by atoms with Gasteiger partial charge in [0.2, 0.25) is 0 Å². The molecule has 0 bridgehead atoms. The average Bonchev–Trinajstić information content (AvgIpc) is 2.94. The molecule has 0 aromatic heterocycles. The van der Waals surface area contributed by atoms with Gasteiger partial charge < -0.3 is 19.5 Å². The van der Waals surface area contributed by atoms with E-state index < -0.39 is 5.60 Å². The van der Waals surface area contributed by atoms with E-state index in [4.69, 9.17) is 14.2 Å². The SMILES string of the molecule is COc1cc(Br)cc(CNC(=O)C2(OC)CCOC2)c1. The average molecular weight is 344 g/mol. The lowest BCUT2D eigenvalue weighted by molar-refractivity contribution is -0.143. The number of nitrogens with one attached hydrogen (secondary N) is 1. The fraction of sp³-hybridized carbons (Fsp3) is 0.500. The molecule has 2 rings (SSSR count). The highest BCUT2D eigenvalue weighted by Gasteiger charge is 2.42. The molecule has 1 aromatic rings. The van der Waals surface area contributed by atoms with Gasteiger partial charge in [0.1, 0.15) is 5.75 Å². The standard InChI is InChI=1S/C14H18BrNO4/c1-18-12-6-10(5-11(15)7-12)8-16-13(17)14(19-2)3-4-20-9-14/h5-7H,3-4,8-9H2,1-2H3,(H,16,17). The lowest BCUT2D eigenvalue weighted by Crippen LogP contribution is -2.48. The lowest BCUT2D eigenvalue weighted by atomic mass is 10.0. The second-order valence-corrected chi connectivity index (χ2v) is 5.60. The fourth-order valence-electron chi connectivity index (χ4n) is 2.16. The topological polar surface area (TPSA) is 56.8 Å². The van der Waals surface area contributed by atoms with E-state index in [1.807, 2.05) is 18.2 Å². The van der Waals surface area contributed by atoms with Crippen LogP contribution in [-0.4, -0.2) is 38.9 Å². The van der Waals surface area contributed by atoms with Gasteiger partial charge in [-0.3, -0.25) is 4.79 Å². The molecular formula is C14H18BrNO4. The summed E-state index contributed by atoms with van der Waals surface area (Å²) in [6.45, 7) is 1.27. The van der Waals surface area contributed by atoms with Crippen molar-refractivity contribution in [3.05, 3.63) is 28.2 Å². The second-order valence-electron chi connectivity index (χ2n) is 4.68. The van der Waals surface area contributed by atoms with Gasteiger partial charge >= 0.3 is 0 Å². The maximum Gasteiger partial charge on any atom is 0.255 e. The van der Waals surface area contributed by atoms with Crippen LogP contribution in [0.1, 0.15) is 12.0 Å². The molecule has 1 N–H and O–H groups in total. The number of hydrogen-bond acceptors (Lipinski definition) is 4. The molecule has 0 radical (unpaired) electrons. The van der Waals surface area contributed by atoms with E-state index in [2.05, 4.69) is 21.2 Å². The zero-order valence-corrected chi connectivity index (χ0v) is 13.2. The highest BCUT2D eigenvalue weighted by molar-refractivity contribution is 9.10. The summed E-state index contributed by atoms with van der Waals surface area (Å²) in [5.74, 6) is 0.603. The van der Waals surface area contributed by atoms with Crippen molar-refractivity contribution in [1.29, 1.82) is 0 Å². The highest BCUT2D eigenvalue weighted by atomic mass is 79.9. The molecule has 1 aromatic carbocycles. The van der Waals surface area contributed by atoms with Gasteiger partial charge in [0.25, 0.3) is 5.91 Å². The van der Waals surface area contributed by atoms with Gasteiger partial charge in [-0.1, -0.05) is 15.9 Å². The molecule has 0 aliphatic carbocycles. The Labute approximate surface area is 126 Å². The number of amides is 1. The Morgan fingerprint density at radius 2 is 2.25 bits per heavy atom. The zero-order valence-electron chi connectivity index (χ0n) is 11.6. The van der Waals surface area contributed by atoms with Crippen LogP contribution in [0.2, 0.25) is 0 Å². The van der Waals surface area contributed by atoms with E-state index in [9.17, 15) is 4.79 Å². The molecule has 1 unspecified atom stereocenters. The van der Waals surface area contributed by atoms with Gasteiger partial charge in [0.05, 0.1) is 20.3 Å². The number of halogens is 1. The Hall–Kier alpha value is -1.11. The Morgan fingerprint density at radius 3 is 2.85 bits per heavy atom. The van der Waals surface area contributed by atoms with Gasteiger partial charge in [-0.15, -0.1) is 0 Å². The van der Waals surface area contributed by atoms with Crippen LogP contribution in [0.25, 0.3) is 0 Å². The molecule has 1 aliphatic heterocycles. The minimum absolute atomic E-state index is 0.142. The number of carbonyl (C=O) groups excluding carboxylic acids is 1. The smallest absolute Gasteiger partial charge is 0.255 e. The Morgan fingerprint density at radius 1 is 1.45 bits per heavy atom. The van der Waals surface area contributed by atoms with Crippen molar-refractivity contribution in [1.82, 2.24) is 5.32 Å². The quantitative estimate of drug-likeness (QED) is 0.886. The summed E-state index contributed by atoms with van der Waals surface area (Å²) in [6, 6.07) is 5.69. The summed E-state index contributed by atoms with van der Waals surface area (Å²) in [7, 11) is 3.15. The monoisotopic (exact) mass is 343 g/mol. The largest absolute Gasteiger partial charge is 0.497 e. The third-order valence-corrected chi connectivity index (χ3v) is 3.87. The molecule has 1 heterocycles.